The molecule has 12 nitrogen and oxygen atoms in total. The number of Topliss-reactive ketones (excluding diaryl/α,β-unsaturated/α-hetero) is 1. The number of fused-ring (bicyclic) bond motifs is 1. The van der Waals surface area contributed by atoms with Gasteiger partial charge in [-0.1, -0.05) is 71.5 Å². The Morgan fingerprint density at radius 2 is 1.65 bits per heavy atom. The van der Waals surface area contributed by atoms with E-state index in [1.54, 1.807) is 34.7 Å². The van der Waals surface area contributed by atoms with Crippen molar-refractivity contribution >= 4 is 35.4 Å². The van der Waals surface area contributed by atoms with Crippen molar-refractivity contribution in [3.63, 3.8) is 0 Å². The molecule has 6 atom stereocenters. The van der Waals surface area contributed by atoms with Crippen molar-refractivity contribution in [3.05, 3.63) is 48.0 Å². The highest BCUT2D eigenvalue weighted by Gasteiger charge is 2.70. The van der Waals surface area contributed by atoms with Gasteiger partial charge >= 0.3 is 6.03 Å². The number of hydrogen-bond acceptors (Lipinski definition) is 6. The minimum Gasteiger partial charge on any atom is -0.363 e. The fourth-order valence-corrected chi connectivity index (χ4v) is 6.70. The van der Waals surface area contributed by atoms with E-state index in [4.69, 9.17) is 5.73 Å². The van der Waals surface area contributed by atoms with E-state index in [2.05, 4.69) is 22.5 Å². The molecule has 4 rings (SSSR count). The number of urea groups is 1. The predicted octanol–water partition coefficient (Wildman–Crippen LogP) is 1.74. The third-order valence-electron chi connectivity index (χ3n) is 9.72. The molecular formula is C34H48N6O6. The molecule has 250 valence electrons. The van der Waals surface area contributed by atoms with Crippen molar-refractivity contribution in [3.8, 4) is 0 Å². The first-order valence-corrected chi connectivity index (χ1v) is 15.8. The number of likely N-dealkylation sites (N-methyl/N-ethyl adjacent to an activating group) is 1. The molecule has 6 amide bonds. The highest BCUT2D eigenvalue weighted by Crippen LogP contribution is 2.65. The SMILES string of the molecule is C=C(C)[C@H](NC(=O)N[C@H](C(=O)N1C[C@H]2[C@@H]([C@H]1C(=O)NC(C(=O)C(N)=O)C1CC1)C2(C)C)C(C)(C)C)C(=O)N(C)Cc1ccccc1. The first-order chi connectivity index (χ1) is 21.4. The van der Waals surface area contributed by atoms with Gasteiger partial charge in [0.25, 0.3) is 5.91 Å². The van der Waals surface area contributed by atoms with Crippen LogP contribution in [0.3, 0.4) is 0 Å². The second-order valence-corrected chi connectivity index (χ2v) is 14.8. The monoisotopic (exact) mass is 636 g/mol. The van der Waals surface area contributed by atoms with Crippen LogP contribution in [0.5, 0.6) is 0 Å². The molecular weight excluding hydrogens is 588 g/mol. The van der Waals surface area contributed by atoms with E-state index in [1.165, 1.54) is 9.80 Å². The predicted molar refractivity (Wildman–Crippen MR) is 172 cm³/mol. The molecule has 12 heteroatoms. The lowest BCUT2D eigenvalue weighted by atomic mass is 9.85. The summed E-state index contributed by atoms with van der Waals surface area (Å²) < 4.78 is 0. The number of nitrogens with two attached hydrogens (primary N) is 1. The number of likely N-dealkylation sites (tertiary alicyclic amines) is 1. The Morgan fingerprint density at radius 1 is 1.04 bits per heavy atom. The number of nitrogens with zero attached hydrogens (tertiary/aromatic N) is 2. The normalized spacial score (nSPS) is 23.2. The Bertz CT molecular complexity index is 1410. The van der Waals surface area contributed by atoms with Gasteiger partial charge in [0.2, 0.25) is 23.5 Å². The molecule has 1 unspecified atom stereocenters. The van der Waals surface area contributed by atoms with Crippen LogP contribution in [0.1, 0.15) is 59.9 Å². The zero-order valence-electron chi connectivity index (χ0n) is 27.9. The molecule has 46 heavy (non-hydrogen) atoms. The van der Waals surface area contributed by atoms with Crippen molar-refractivity contribution in [2.45, 2.75) is 85.1 Å². The maximum Gasteiger partial charge on any atom is 0.316 e. The van der Waals surface area contributed by atoms with Gasteiger partial charge in [0.1, 0.15) is 24.2 Å². The first-order valence-electron chi connectivity index (χ1n) is 15.8. The summed E-state index contributed by atoms with van der Waals surface area (Å²) in [6.45, 7) is 15.7. The minimum atomic E-state index is -1.11. The van der Waals surface area contributed by atoms with Crippen LogP contribution in [0.2, 0.25) is 0 Å². The molecule has 0 spiro atoms. The molecule has 1 aromatic rings. The third kappa shape index (κ3) is 7.26. The van der Waals surface area contributed by atoms with Gasteiger partial charge in [0, 0.05) is 20.1 Å². The van der Waals surface area contributed by atoms with Gasteiger partial charge in [-0.15, -0.1) is 0 Å². The van der Waals surface area contributed by atoms with E-state index < -0.39 is 59.1 Å². The number of rotatable bonds is 12. The van der Waals surface area contributed by atoms with Crippen molar-refractivity contribution < 1.29 is 28.8 Å². The lowest BCUT2D eigenvalue weighted by Gasteiger charge is -2.38. The zero-order chi connectivity index (χ0) is 34.3. The highest BCUT2D eigenvalue weighted by molar-refractivity contribution is 6.38. The van der Waals surface area contributed by atoms with Gasteiger partial charge in [0.05, 0.1) is 0 Å². The summed E-state index contributed by atoms with van der Waals surface area (Å²) in [4.78, 5) is 82.0. The molecule has 3 fully saturated rings. The number of carbonyl (C=O) groups is 6. The first kappa shape index (κ1) is 34.6. The van der Waals surface area contributed by atoms with Crippen LogP contribution < -0.4 is 21.7 Å². The average molecular weight is 637 g/mol. The lowest BCUT2D eigenvalue weighted by Crippen LogP contribution is -2.62. The van der Waals surface area contributed by atoms with Gasteiger partial charge in [-0.05, 0) is 59.5 Å². The Morgan fingerprint density at radius 3 is 2.17 bits per heavy atom. The van der Waals surface area contributed by atoms with E-state index in [-0.39, 0.29) is 29.1 Å². The fourth-order valence-electron chi connectivity index (χ4n) is 6.70. The molecule has 2 saturated carbocycles. The minimum absolute atomic E-state index is 0.0541. The Kier molecular flexibility index (Phi) is 9.70. The largest absolute Gasteiger partial charge is 0.363 e. The Hall–Kier alpha value is -4.22. The summed E-state index contributed by atoms with van der Waals surface area (Å²) in [6, 6.07) is 4.71. The van der Waals surface area contributed by atoms with Crippen molar-refractivity contribution in [2.75, 3.05) is 13.6 Å². The number of piperidine rings is 1. The van der Waals surface area contributed by atoms with Crippen LogP contribution in [-0.2, 0) is 30.5 Å². The van der Waals surface area contributed by atoms with E-state index in [0.717, 1.165) is 5.56 Å². The second kappa shape index (κ2) is 12.9. The Labute approximate surface area is 270 Å². The van der Waals surface area contributed by atoms with E-state index in [1.807, 2.05) is 44.2 Å². The van der Waals surface area contributed by atoms with Gasteiger partial charge in [-0.3, -0.25) is 24.0 Å². The highest BCUT2D eigenvalue weighted by atomic mass is 16.2. The summed E-state index contributed by atoms with van der Waals surface area (Å²) in [5, 5.41) is 8.21. The van der Waals surface area contributed by atoms with Crippen molar-refractivity contribution in [2.24, 2.45) is 34.3 Å². The topological polar surface area (TPSA) is 171 Å². The quantitative estimate of drug-likeness (QED) is 0.201. The van der Waals surface area contributed by atoms with Crippen LogP contribution in [0.15, 0.2) is 42.5 Å². The molecule has 1 saturated heterocycles. The molecule has 0 bridgehead atoms. The standard InChI is InChI=1S/C34H48N6O6/c1-18(2)23(30(44)39(8)16-19-12-10-9-11-13-19)37-32(46)38-27(33(3,4)5)31(45)40-17-21-22(34(21,6)7)25(40)29(43)36-24(20-14-15-20)26(41)28(35)42/h9-13,20-25,27H,1,14-17H2,2-8H3,(H2,35,42)(H,36,43)(H2,37,38,46)/t21-,22-,23-,24?,25-,27+/m0/s1. The maximum absolute atomic E-state index is 14.2. The molecule has 1 heterocycles. The summed E-state index contributed by atoms with van der Waals surface area (Å²) in [5.41, 5.74) is 5.63. The van der Waals surface area contributed by atoms with E-state index in [9.17, 15) is 28.8 Å². The van der Waals surface area contributed by atoms with Crippen LogP contribution in [0.25, 0.3) is 0 Å². The fraction of sp³-hybridized carbons (Fsp3) is 0.588. The van der Waals surface area contributed by atoms with Gasteiger partial charge < -0.3 is 31.5 Å². The van der Waals surface area contributed by atoms with Gasteiger partial charge in [-0.25, -0.2) is 4.79 Å². The number of hydrogen-bond donors (Lipinski definition) is 4. The molecule has 3 aliphatic rings. The lowest BCUT2D eigenvalue weighted by molar-refractivity contribution is -0.145. The van der Waals surface area contributed by atoms with Crippen LogP contribution >= 0.6 is 0 Å². The van der Waals surface area contributed by atoms with Crippen molar-refractivity contribution in [1.82, 2.24) is 25.8 Å². The summed E-state index contributed by atoms with van der Waals surface area (Å²) in [5.74, 6) is -3.54. The Balaban J connectivity index is 1.50. The average Bonchev–Trinajstić information content (AvgIpc) is 3.85. The number of carbonyl (C=O) groups excluding carboxylic acids is 6. The second-order valence-electron chi connectivity index (χ2n) is 14.8. The number of amides is 6. The molecule has 2 aliphatic carbocycles. The van der Waals surface area contributed by atoms with Crippen molar-refractivity contribution in [1.29, 1.82) is 0 Å². The molecule has 0 aromatic heterocycles. The van der Waals surface area contributed by atoms with Crippen LogP contribution in [0, 0.1) is 28.6 Å². The molecule has 5 N–H and O–H groups in total. The summed E-state index contributed by atoms with van der Waals surface area (Å²) in [6.07, 6.45) is 1.38. The number of benzene rings is 1. The molecule has 1 aromatic carbocycles. The van der Waals surface area contributed by atoms with Crippen LogP contribution in [0.4, 0.5) is 4.79 Å². The smallest absolute Gasteiger partial charge is 0.316 e. The maximum atomic E-state index is 14.2. The van der Waals surface area contributed by atoms with Gasteiger partial charge in [-0.2, -0.15) is 0 Å². The van der Waals surface area contributed by atoms with Gasteiger partial charge in [0.15, 0.2) is 0 Å². The molecule has 1 aliphatic heterocycles. The van der Waals surface area contributed by atoms with E-state index >= 15 is 0 Å². The number of nitrogens with one attached hydrogen (secondary N) is 3. The number of primary amides is 1. The molecule has 0 radical (unpaired) electrons. The van der Waals surface area contributed by atoms with E-state index in [0.29, 0.717) is 31.5 Å². The zero-order valence-corrected chi connectivity index (χ0v) is 27.9. The summed E-state index contributed by atoms with van der Waals surface area (Å²) >= 11 is 0. The third-order valence-corrected chi connectivity index (χ3v) is 9.72. The summed E-state index contributed by atoms with van der Waals surface area (Å²) in [7, 11) is 1.64. The van der Waals surface area contributed by atoms with Crippen LogP contribution in [-0.4, -0.2) is 83.0 Å². The number of ketones is 1.